The van der Waals surface area contributed by atoms with E-state index < -0.39 is 11.9 Å². The minimum absolute atomic E-state index is 0.0484. The van der Waals surface area contributed by atoms with Crippen LogP contribution in [0, 0.1) is 13.8 Å². The predicted molar refractivity (Wildman–Crippen MR) is 66.2 cm³/mol. The Morgan fingerprint density at radius 1 is 1.11 bits per heavy atom. The molecule has 0 spiro atoms. The van der Waals surface area contributed by atoms with Crippen LogP contribution in [0.2, 0.25) is 10.0 Å². The number of nitrogens with zero attached hydrogens (tertiary/aromatic N) is 1. The van der Waals surface area contributed by atoms with Gasteiger partial charge in [-0.15, -0.1) is 0 Å². The van der Waals surface area contributed by atoms with Gasteiger partial charge in [-0.3, -0.25) is 0 Å². The van der Waals surface area contributed by atoms with Gasteiger partial charge in [0.15, 0.2) is 0 Å². The molecule has 96 valence electrons. The molecule has 2 rings (SSSR count). The van der Waals surface area contributed by atoms with Gasteiger partial charge in [0.05, 0.1) is 15.6 Å². The molecule has 0 saturated carbocycles. The van der Waals surface area contributed by atoms with Gasteiger partial charge in [0.25, 0.3) is 0 Å². The van der Waals surface area contributed by atoms with Gasteiger partial charge in [0.1, 0.15) is 5.69 Å². The molecule has 0 N–H and O–H groups in total. The third-order valence-corrected chi connectivity index (χ3v) is 3.51. The largest absolute Gasteiger partial charge is 0.433 e. The van der Waals surface area contributed by atoms with E-state index in [4.69, 9.17) is 23.2 Å². The molecular weight excluding hydrogens is 286 g/mol. The van der Waals surface area contributed by atoms with Crippen molar-refractivity contribution in [1.82, 2.24) is 4.98 Å². The Morgan fingerprint density at radius 2 is 1.72 bits per heavy atom. The average Bonchev–Trinajstić information content (AvgIpc) is 2.26. The first kappa shape index (κ1) is 13.4. The minimum atomic E-state index is -4.55. The van der Waals surface area contributed by atoms with Crippen LogP contribution < -0.4 is 0 Å². The highest BCUT2D eigenvalue weighted by Gasteiger charge is 2.36. The van der Waals surface area contributed by atoms with Crippen LogP contribution >= 0.6 is 23.2 Å². The molecule has 0 atom stereocenters. The summed E-state index contributed by atoms with van der Waals surface area (Å²) in [6, 6.07) is 3.21. The van der Waals surface area contributed by atoms with Crippen LogP contribution in [-0.2, 0) is 6.18 Å². The van der Waals surface area contributed by atoms with Crippen LogP contribution in [0.1, 0.15) is 16.8 Å². The van der Waals surface area contributed by atoms with Crippen molar-refractivity contribution in [2.24, 2.45) is 0 Å². The maximum absolute atomic E-state index is 12.8. The maximum atomic E-state index is 12.8. The lowest BCUT2D eigenvalue weighted by Crippen LogP contribution is -2.11. The van der Waals surface area contributed by atoms with Crippen molar-refractivity contribution >= 4 is 34.1 Å². The zero-order valence-electron chi connectivity index (χ0n) is 9.49. The Balaban J connectivity index is 2.97. The highest BCUT2D eigenvalue weighted by atomic mass is 35.5. The topological polar surface area (TPSA) is 12.9 Å². The second-order valence-corrected chi connectivity index (χ2v) is 4.77. The van der Waals surface area contributed by atoms with Crippen molar-refractivity contribution in [1.29, 1.82) is 0 Å². The van der Waals surface area contributed by atoms with Crippen LogP contribution in [0.3, 0.4) is 0 Å². The number of halogens is 5. The summed E-state index contributed by atoms with van der Waals surface area (Å²) in [6.07, 6.45) is -4.55. The summed E-state index contributed by atoms with van der Waals surface area (Å²) in [5.74, 6) is 0. The van der Waals surface area contributed by atoms with Crippen molar-refractivity contribution in [3.63, 3.8) is 0 Å². The van der Waals surface area contributed by atoms with E-state index in [2.05, 4.69) is 4.98 Å². The van der Waals surface area contributed by atoms with Crippen molar-refractivity contribution in [2.45, 2.75) is 20.0 Å². The summed E-state index contributed by atoms with van der Waals surface area (Å²) in [6.45, 7) is 3.05. The van der Waals surface area contributed by atoms with Gasteiger partial charge in [-0.1, -0.05) is 29.3 Å². The molecule has 0 radical (unpaired) electrons. The van der Waals surface area contributed by atoms with E-state index in [1.807, 2.05) is 0 Å². The summed E-state index contributed by atoms with van der Waals surface area (Å²) in [7, 11) is 0. The monoisotopic (exact) mass is 293 g/mol. The van der Waals surface area contributed by atoms with Crippen molar-refractivity contribution in [3.8, 4) is 0 Å². The van der Waals surface area contributed by atoms with Gasteiger partial charge < -0.3 is 0 Å². The molecule has 1 heterocycles. The number of hydrogen-bond acceptors (Lipinski definition) is 1. The third kappa shape index (κ3) is 2.04. The number of hydrogen-bond donors (Lipinski definition) is 0. The van der Waals surface area contributed by atoms with Crippen LogP contribution in [0.5, 0.6) is 0 Å². The fourth-order valence-corrected chi connectivity index (χ4v) is 2.34. The van der Waals surface area contributed by atoms with Crippen LogP contribution in [0.15, 0.2) is 12.1 Å². The molecule has 0 fully saturated rings. The molecule has 0 bridgehead atoms. The summed E-state index contributed by atoms with van der Waals surface area (Å²) in [5, 5.41) is 0.671. The Bertz CT molecular complexity index is 635. The first-order valence-electron chi connectivity index (χ1n) is 5.05. The average molecular weight is 294 g/mol. The molecule has 2 aromatic rings. The minimum Gasteiger partial charge on any atom is -0.241 e. The normalized spacial score (nSPS) is 12.2. The maximum Gasteiger partial charge on any atom is 0.433 e. The van der Waals surface area contributed by atoms with E-state index in [1.165, 1.54) is 13.0 Å². The second kappa shape index (κ2) is 4.28. The summed E-state index contributed by atoms with van der Waals surface area (Å²) >= 11 is 11.9. The van der Waals surface area contributed by atoms with Crippen LogP contribution in [0.4, 0.5) is 13.2 Å². The van der Waals surface area contributed by atoms with E-state index in [0.717, 1.165) is 5.56 Å². The number of alkyl halides is 3. The number of aryl methyl sites for hydroxylation is 1. The Hall–Kier alpha value is -1.00. The fraction of sp³-hybridized carbons (Fsp3) is 0.250. The molecule has 0 aliphatic carbocycles. The molecular formula is C12H8Cl2F3N. The smallest absolute Gasteiger partial charge is 0.241 e. The van der Waals surface area contributed by atoms with Crippen LogP contribution in [0.25, 0.3) is 10.9 Å². The highest BCUT2D eigenvalue weighted by Crippen LogP contribution is 2.39. The molecule has 0 aliphatic heterocycles. The van der Waals surface area contributed by atoms with Gasteiger partial charge >= 0.3 is 6.18 Å². The molecule has 18 heavy (non-hydrogen) atoms. The lowest BCUT2D eigenvalue weighted by Gasteiger charge is -2.14. The summed E-state index contributed by atoms with van der Waals surface area (Å²) < 4.78 is 38.5. The summed E-state index contributed by atoms with van der Waals surface area (Å²) in [4.78, 5) is 3.63. The number of rotatable bonds is 0. The Morgan fingerprint density at radius 3 is 2.28 bits per heavy atom. The van der Waals surface area contributed by atoms with E-state index in [9.17, 15) is 13.2 Å². The molecule has 1 nitrogen and oxygen atoms in total. The van der Waals surface area contributed by atoms with Gasteiger partial charge in [0, 0.05) is 5.39 Å². The van der Waals surface area contributed by atoms with Gasteiger partial charge in [-0.2, -0.15) is 13.2 Å². The van der Waals surface area contributed by atoms with E-state index in [-0.39, 0.29) is 21.1 Å². The van der Waals surface area contributed by atoms with E-state index in [0.29, 0.717) is 5.39 Å². The first-order chi connectivity index (χ1) is 8.23. The van der Waals surface area contributed by atoms with E-state index in [1.54, 1.807) is 13.0 Å². The molecule has 0 aliphatic rings. The second-order valence-electron chi connectivity index (χ2n) is 3.99. The number of aromatic nitrogens is 1. The van der Waals surface area contributed by atoms with Gasteiger partial charge in [-0.05, 0) is 31.0 Å². The quantitative estimate of drug-likeness (QED) is 0.652. The first-order valence-corrected chi connectivity index (χ1v) is 5.81. The highest BCUT2D eigenvalue weighted by molar-refractivity contribution is 6.40. The lowest BCUT2D eigenvalue weighted by atomic mass is 10.1. The molecule has 6 heteroatoms. The lowest BCUT2D eigenvalue weighted by molar-refractivity contribution is -0.141. The van der Waals surface area contributed by atoms with E-state index >= 15 is 0 Å². The molecule has 1 aromatic heterocycles. The van der Waals surface area contributed by atoms with Crippen molar-refractivity contribution in [2.75, 3.05) is 0 Å². The van der Waals surface area contributed by atoms with Crippen molar-refractivity contribution in [3.05, 3.63) is 39.0 Å². The number of benzene rings is 1. The number of fused-ring (bicyclic) bond motifs is 1. The zero-order valence-corrected chi connectivity index (χ0v) is 11.0. The SMILES string of the molecule is Cc1c(C(F)(F)F)nc2c(Cl)ccc(C)c2c1Cl. The standard InChI is InChI=1S/C12H8Cl2F3N/c1-5-3-4-7(13)10-8(5)9(14)6(2)11(18-10)12(15,16)17/h3-4H,1-2H3. The van der Waals surface area contributed by atoms with Gasteiger partial charge in [-0.25, -0.2) is 4.98 Å². The number of pyridine rings is 1. The van der Waals surface area contributed by atoms with Crippen molar-refractivity contribution < 1.29 is 13.2 Å². The molecule has 0 unspecified atom stereocenters. The van der Waals surface area contributed by atoms with Gasteiger partial charge in [0.2, 0.25) is 0 Å². The summed E-state index contributed by atoms with van der Waals surface area (Å²) in [5.41, 5.74) is -0.252. The van der Waals surface area contributed by atoms with Crippen LogP contribution in [-0.4, -0.2) is 4.98 Å². The molecule has 1 aromatic carbocycles. The Labute approximate surface area is 112 Å². The zero-order chi connectivity index (χ0) is 13.7. The third-order valence-electron chi connectivity index (χ3n) is 2.73. The fourth-order valence-electron chi connectivity index (χ4n) is 1.82. The molecule has 0 amide bonds. The predicted octanol–water partition coefficient (Wildman–Crippen LogP) is 5.18. The Kier molecular flexibility index (Phi) is 3.19. The molecule has 0 saturated heterocycles.